The van der Waals surface area contributed by atoms with E-state index in [4.69, 9.17) is 9.47 Å². The van der Waals surface area contributed by atoms with E-state index in [-0.39, 0.29) is 12.8 Å². The van der Waals surface area contributed by atoms with Crippen LogP contribution in [0.1, 0.15) is 31.7 Å². The molecule has 3 rings (SSSR count). The van der Waals surface area contributed by atoms with Gasteiger partial charge >= 0.3 is 6.03 Å². The van der Waals surface area contributed by atoms with E-state index >= 15 is 0 Å². The lowest BCUT2D eigenvalue weighted by Crippen LogP contribution is -2.44. The van der Waals surface area contributed by atoms with Crippen molar-refractivity contribution in [2.45, 2.75) is 38.8 Å². The lowest BCUT2D eigenvalue weighted by atomic mass is 10.0. The molecule has 6 nitrogen and oxygen atoms in total. The molecule has 24 heavy (non-hydrogen) atoms. The minimum atomic E-state index is -0.145. The van der Waals surface area contributed by atoms with Crippen molar-refractivity contribution < 1.29 is 14.3 Å². The molecule has 1 fully saturated rings. The standard InChI is InChI=1S/C17H24BrN3O3/c1-12-4-2-3-6-21(12)7-5-19-17(22)20-10-13-8-14(18)16-15(9-13)23-11-24-16/h8-9,12H,2-7,10-11H2,1H3,(H2,19,20,22)/t12-/m1/s1. The average Bonchev–Trinajstić information content (AvgIpc) is 3.04. The number of halogens is 1. The zero-order chi connectivity index (χ0) is 16.9. The number of likely N-dealkylation sites (tertiary alicyclic amines) is 1. The van der Waals surface area contributed by atoms with Gasteiger partial charge in [-0.1, -0.05) is 6.42 Å². The highest BCUT2D eigenvalue weighted by Gasteiger charge is 2.19. The molecule has 1 atom stereocenters. The van der Waals surface area contributed by atoms with Gasteiger partial charge in [0.15, 0.2) is 11.5 Å². The molecule has 2 heterocycles. The fourth-order valence-electron chi connectivity index (χ4n) is 3.17. The van der Waals surface area contributed by atoms with Gasteiger partial charge in [-0.3, -0.25) is 4.90 Å². The Hall–Kier alpha value is -1.47. The summed E-state index contributed by atoms with van der Waals surface area (Å²) in [6.07, 6.45) is 3.83. The number of benzene rings is 1. The van der Waals surface area contributed by atoms with Gasteiger partial charge in [-0.2, -0.15) is 0 Å². The van der Waals surface area contributed by atoms with Crippen molar-refractivity contribution in [2.24, 2.45) is 0 Å². The second kappa shape index (κ2) is 8.07. The predicted molar refractivity (Wildman–Crippen MR) is 95.4 cm³/mol. The van der Waals surface area contributed by atoms with Crippen molar-refractivity contribution in [1.82, 2.24) is 15.5 Å². The maximum Gasteiger partial charge on any atom is 0.315 e. The summed E-state index contributed by atoms with van der Waals surface area (Å²) in [6, 6.07) is 4.30. The second-order valence-corrected chi connectivity index (χ2v) is 7.16. The Morgan fingerprint density at radius 2 is 2.21 bits per heavy atom. The number of ether oxygens (including phenoxy) is 2. The molecule has 1 aromatic carbocycles. The normalized spacial score (nSPS) is 20.0. The highest BCUT2D eigenvalue weighted by Crippen LogP contribution is 2.39. The molecule has 2 aliphatic heterocycles. The Labute approximate surface area is 151 Å². The van der Waals surface area contributed by atoms with Gasteiger partial charge in [0.1, 0.15) is 0 Å². The summed E-state index contributed by atoms with van der Waals surface area (Å²) in [4.78, 5) is 14.4. The van der Waals surface area contributed by atoms with Crippen LogP contribution in [0.3, 0.4) is 0 Å². The van der Waals surface area contributed by atoms with Crippen LogP contribution in [0.4, 0.5) is 4.79 Å². The van der Waals surface area contributed by atoms with Crippen LogP contribution in [0.5, 0.6) is 11.5 Å². The molecular formula is C17H24BrN3O3. The van der Waals surface area contributed by atoms with Crippen molar-refractivity contribution in [3.8, 4) is 11.5 Å². The van der Waals surface area contributed by atoms with Crippen LogP contribution in [-0.4, -0.2) is 43.4 Å². The third-order valence-electron chi connectivity index (χ3n) is 4.57. The summed E-state index contributed by atoms with van der Waals surface area (Å²) in [5.41, 5.74) is 0.964. The number of urea groups is 1. The summed E-state index contributed by atoms with van der Waals surface area (Å²) in [5.74, 6) is 1.43. The van der Waals surface area contributed by atoms with Crippen LogP contribution in [0.25, 0.3) is 0 Å². The number of amides is 2. The molecular weight excluding hydrogens is 374 g/mol. The van der Waals surface area contributed by atoms with Crippen molar-refractivity contribution in [2.75, 3.05) is 26.4 Å². The number of rotatable bonds is 5. The zero-order valence-electron chi connectivity index (χ0n) is 13.9. The third-order valence-corrected chi connectivity index (χ3v) is 5.15. The summed E-state index contributed by atoms with van der Waals surface area (Å²) in [7, 11) is 0. The Kier molecular flexibility index (Phi) is 5.84. The van der Waals surface area contributed by atoms with E-state index in [1.54, 1.807) is 0 Å². The smallest absolute Gasteiger partial charge is 0.315 e. The number of carbonyl (C=O) groups excluding carboxylic acids is 1. The Balaban J connectivity index is 1.40. The maximum atomic E-state index is 11.9. The van der Waals surface area contributed by atoms with Crippen LogP contribution in [-0.2, 0) is 6.54 Å². The van der Waals surface area contributed by atoms with Gasteiger partial charge in [0, 0.05) is 25.7 Å². The quantitative estimate of drug-likeness (QED) is 0.801. The van der Waals surface area contributed by atoms with Crippen LogP contribution in [0.15, 0.2) is 16.6 Å². The largest absolute Gasteiger partial charge is 0.454 e. The van der Waals surface area contributed by atoms with Gasteiger partial charge < -0.3 is 20.1 Å². The SMILES string of the molecule is C[C@@H]1CCCCN1CCNC(=O)NCc1cc(Br)c2c(c1)OCO2. The van der Waals surface area contributed by atoms with Gasteiger partial charge in [-0.25, -0.2) is 4.79 Å². The first-order valence-electron chi connectivity index (χ1n) is 8.47. The molecule has 2 aliphatic rings. The number of piperidine rings is 1. The molecule has 0 unspecified atom stereocenters. The molecule has 0 aromatic heterocycles. The lowest BCUT2D eigenvalue weighted by molar-refractivity contribution is 0.161. The highest BCUT2D eigenvalue weighted by molar-refractivity contribution is 9.10. The number of nitrogens with one attached hydrogen (secondary N) is 2. The van der Waals surface area contributed by atoms with Crippen molar-refractivity contribution in [3.63, 3.8) is 0 Å². The van der Waals surface area contributed by atoms with Gasteiger partial charge in [0.2, 0.25) is 6.79 Å². The van der Waals surface area contributed by atoms with Crippen molar-refractivity contribution in [3.05, 3.63) is 22.2 Å². The fourth-order valence-corrected chi connectivity index (χ4v) is 3.77. The van der Waals surface area contributed by atoms with E-state index in [0.29, 0.717) is 24.9 Å². The summed E-state index contributed by atoms with van der Waals surface area (Å²) in [6.45, 7) is 5.65. The summed E-state index contributed by atoms with van der Waals surface area (Å²) in [5, 5.41) is 5.81. The Morgan fingerprint density at radius 1 is 1.33 bits per heavy atom. The number of carbonyl (C=O) groups is 1. The second-order valence-electron chi connectivity index (χ2n) is 6.30. The molecule has 0 spiro atoms. The summed E-state index contributed by atoms with van der Waals surface area (Å²) < 4.78 is 11.6. The number of fused-ring (bicyclic) bond motifs is 1. The van der Waals surface area contributed by atoms with Crippen LogP contribution >= 0.6 is 15.9 Å². The monoisotopic (exact) mass is 397 g/mol. The fraction of sp³-hybridized carbons (Fsp3) is 0.588. The molecule has 0 bridgehead atoms. The molecule has 1 saturated heterocycles. The molecule has 0 saturated carbocycles. The van der Waals surface area contributed by atoms with E-state index in [9.17, 15) is 4.79 Å². The van der Waals surface area contributed by atoms with E-state index < -0.39 is 0 Å². The van der Waals surface area contributed by atoms with Crippen LogP contribution < -0.4 is 20.1 Å². The van der Waals surface area contributed by atoms with Crippen molar-refractivity contribution >= 4 is 22.0 Å². The molecule has 0 aliphatic carbocycles. The summed E-state index contributed by atoms with van der Waals surface area (Å²) >= 11 is 3.46. The van der Waals surface area contributed by atoms with E-state index in [0.717, 1.165) is 28.9 Å². The molecule has 0 radical (unpaired) electrons. The predicted octanol–water partition coefficient (Wildman–Crippen LogP) is 2.85. The van der Waals surface area contributed by atoms with E-state index in [1.807, 2.05) is 12.1 Å². The number of nitrogens with zero attached hydrogens (tertiary/aromatic N) is 1. The topological polar surface area (TPSA) is 62.8 Å². The first kappa shape index (κ1) is 17.4. The first-order chi connectivity index (χ1) is 11.6. The third kappa shape index (κ3) is 4.33. The highest BCUT2D eigenvalue weighted by atomic mass is 79.9. The van der Waals surface area contributed by atoms with E-state index in [1.165, 1.54) is 19.3 Å². The van der Waals surface area contributed by atoms with Crippen LogP contribution in [0.2, 0.25) is 0 Å². The molecule has 1 aromatic rings. The zero-order valence-corrected chi connectivity index (χ0v) is 15.5. The first-order valence-corrected chi connectivity index (χ1v) is 9.26. The molecule has 2 N–H and O–H groups in total. The molecule has 7 heteroatoms. The van der Waals surface area contributed by atoms with Gasteiger partial charge in [-0.05, 0) is 59.9 Å². The lowest BCUT2D eigenvalue weighted by Gasteiger charge is -2.33. The maximum absolute atomic E-state index is 11.9. The Morgan fingerprint density at radius 3 is 3.04 bits per heavy atom. The van der Waals surface area contributed by atoms with E-state index in [2.05, 4.69) is 38.4 Å². The number of hydrogen-bond donors (Lipinski definition) is 2. The van der Waals surface area contributed by atoms with Gasteiger partial charge in [0.25, 0.3) is 0 Å². The van der Waals surface area contributed by atoms with Crippen LogP contribution in [0, 0.1) is 0 Å². The van der Waals surface area contributed by atoms with Gasteiger partial charge in [-0.15, -0.1) is 0 Å². The molecule has 132 valence electrons. The number of hydrogen-bond acceptors (Lipinski definition) is 4. The van der Waals surface area contributed by atoms with Gasteiger partial charge in [0.05, 0.1) is 4.47 Å². The average molecular weight is 398 g/mol. The molecule has 2 amide bonds. The van der Waals surface area contributed by atoms with Crippen molar-refractivity contribution in [1.29, 1.82) is 0 Å². The Bertz CT molecular complexity index is 597. The minimum Gasteiger partial charge on any atom is -0.454 e. The minimum absolute atomic E-state index is 0.145.